The summed E-state index contributed by atoms with van der Waals surface area (Å²) in [5, 5.41) is 0.881. The summed E-state index contributed by atoms with van der Waals surface area (Å²) in [4.78, 5) is 7.21. The smallest absolute Gasteiger partial charge is 0.123 e. The van der Waals surface area contributed by atoms with Crippen LogP contribution >= 0.6 is 0 Å². The number of H-pyrrole nitrogens is 1. The van der Waals surface area contributed by atoms with Crippen molar-refractivity contribution >= 4 is 10.9 Å². The van der Waals surface area contributed by atoms with E-state index in [4.69, 9.17) is 0 Å². The highest BCUT2D eigenvalue weighted by atomic mass is 19.1. The van der Waals surface area contributed by atoms with Gasteiger partial charge in [-0.15, -0.1) is 0 Å². The van der Waals surface area contributed by atoms with Gasteiger partial charge in [-0.25, -0.2) is 4.39 Å². The molecule has 16 heavy (non-hydrogen) atoms. The molecule has 3 heteroatoms. The van der Waals surface area contributed by atoms with E-state index in [9.17, 15) is 4.39 Å². The Morgan fingerprint density at radius 2 is 1.81 bits per heavy atom. The highest BCUT2D eigenvalue weighted by molar-refractivity contribution is 5.85. The molecular weight excluding hydrogens is 203 g/mol. The van der Waals surface area contributed by atoms with Crippen LogP contribution in [0.25, 0.3) is 22.2 Å². The Kier molecular flexibility index (Phi) is 1.96. The van der Waals surface area contributed by atoms with Gasteiger partial charge in [-0.3, -0.25) is 4.98 Å². The van der Waals surface area contributed by atoms with E-state index in [1.54, 1.807) is 18.5 Å². The second kappa shape index (κ2) is 3.45. The van der Waals surface area contributed by atoms with Crippen LogP contribution in [0.15, 0.2) is 48.8 Å². The summed E-state index contributed by atoms with van der Waals surface area (Å²) >= 11 is 0. The molecule has 0 unspecified atom stereocenters. The number of pyridine rings is 1. The molecule has 0 fully saturated rings. The van der Waals surface area contributed by atoms with Crippen LogP contribution in [0.5, 0.6) is 0 Å². The van der Waals surface area contributed by atoms with Crippen molar-refractivity contribution in [2.75, 3.05) is 0 Å². The van der Waals surface area contributed by atoms with Crippen LogP contribution in [0.3, 0.4) is 0 Å². The van der Waals surface area contributed by atoms with Gasteiger partial charge in [-0.1, -0.05) is 0 Å². The van der Waals surface area contributed by atoms with Crippen LogP contribution in [-0.2, 0) is 0 Å². The predicted molar refractivity (Wildman–Crippen MR) is 61.5 cm³/mol. The third kappa shape index (κ3) is 1.46. The summed E-state index contributed by atoms with van der Waals surface area (Å²) in [6, 6.07) is 10.5. The van der Waals surface area contributed by atoms with E-state index in [-0.39, 0.29) is 5.82 Å². The minimum Gasteiger partial charge on any atom is -0.355 e. The SMILES string of the molecule is Fc1ccc2[nH]c(-c3ccncc3)cc2c1. The first-order valence-electron chi connectivity index (χ1n) is 5.01. The maximum atomic E-state index is 13.0. The highest BCUT2D eigenvalue weighted by Gasteiger charge is 2.03. The maximum absolute atomic E-state index is 13.0. The van der Waals surface area contributed by atoms with Gasteiger partial charge in [0, 0.05) is 34.6 Å². The van der Waals surface area contributed by atoms with Crippen LogP contribution in [0, 0.1) is 5.82 Å². The lowest BCUT2D eigenvalue weighted by atomic mass is 10.2. The predicted octanol–water partition coefficient (Wildman–Crippen LogP) is 3.37. The molecule has 78 valence electrons. The third-order valence-electron chi connectivity index (χ3n) is 2.57. The summed E-state index contributed by atoms with van der Waals surface area (Å²) in [6.45, 7) is 0. The first-order chi connectivity index (χ1) is 7.83. The van der Waals surface area contributed by atoms with Crippen LogP contribution in [0.1, 0.15) is 0 Å². The molecule has 2 aromatic heterocycles. The Hall–Kier alpha value is -2.16. The fourth-order valence-corrected chi connectivity index (χ4v) is 1.79. The van der Waals surface area contributed by atoms with Gasteiger partial charge >= 0.3 is 0 Å². The lowest BCUT2D eigenvalue weighted by Gasteiger charge is -1.94. The van der Waals surface area contributed by atoms with E-state index in [1.165, 1.54) is 12.1 Å². The zero-order valence-electron chi connectivity index (χ0n) is 8.44. The summed E-state index contributed by atoms with van der Waals surface area (Å²) in [5.41, 5.74) is 2.96. The minimum atomic E-state index is -0.215. The molecule has 0 saturated carbocycles. The van der Waals surface area contributed by atoms with E-state index < -0.39 is 0 Å². The van der Waals surface area contributed by atoms with Crippen LogP contribution in [-0.4, -0.2) is 9.97 Å². The van der Waals surface area contributed by atoms with E-state index in [2.05, 4.69) is 9.97 Å². The standard InChI is InChI=1S/C13H9FN2/c14-11-1-2-12-10(7-11)8-13(16-12)9-3-5-15-6-4-9/h1-8,16H. The molecule has 2 nitrogen and oxygen atoms in total. The zero-order valence-corrected chi connectivity index (χ0v) is 8.44. The summed E-state index contributed by atoms with van der Waals surface area (Å²) < 4.78 is 13.0. The first kappa shape index (κ1) is 9.09. The average Bonchev–Trinajstić information content (AvgIpc) is 2.73. The second-order valence-corrected chi connectivity index (χ2v) is 3.65. The van der Waals surface area contributed by atoms with Crippen molar-refractivity contribution in [3.8, 4) is 11.3 Å². The molecule has 1 N–H and O–H groups in total. The highest BCUT2D eigenvalue weighted by Crippen LogP contribution is 2.23. The number of aromatic nitrogens is 2. The number of halogens is 1. The molecule has 0 amide bonds. The van der Waals surface area contributed by atoms with Gasteiger partial charge in [0.15, 0.2) is 0 Å². The number of hydrogen-bond donors (Lipinski definition) is 1. The first-order valence-corrected chi connectivity index (χ1v) is 5.01. The number of nitrogens with one attached hydrogen (secondary N) is 1. The average molecular weight is 212 g/mol. The topological polar surface area (TPSA) is 28.7 Å². The molecule has 0 aliphatic heterocycles. The van der Waals surface area contributed by atoms with Crippen molar-refractivity contribution in [2.45, 2.75) is 0 Å². The second-order valence-electron chi connectivity index (χ2n) is 3.65. The molecule has 0 saturated heterocycles. The van der Waals surface area contributed by atoms with E-state index in [1.807, 2.05) is 18.2 Å². The lowest BCUT2D eigenvalue weighted by molar-refractivity contribution is 0.630. The fourth-order valence-electron chi connectivity index (χ4n) is 1.79. The van der Waals surface area contributed by atoms with Gasteiger partial charge < -0.3 is 4.98 Å². The molecule has 1 aromatic carbocycles. The van der Waals surface area contributed by atoms with Gasteiger partial charge in [0.1, 0.15) is 5.82 Å². The van der Waals surface area contributed by atoms with E-state index in [0.717, 1.165) is 22.2 Å². The number of fused-ring (bicyclic) bond motifs is 1. The van der Waals surface area contributed by atoms with Gasteiger partial charge in [-0.2, -0.15) is 0 Å². The zero-order chi connectivity index (χ0) is 11.0. The Bertz CT molecular complexity index is 629. The van der Waals surface area contributed by atoms with E-state index >= 15 is 0 Å². The largest absolute Gasteiger partial charge is 0.355 e. The quantitative estimate of drug-likeness (QED) is 0.658. The Morgan fingerprint density at radius 1 is 1.00 bits per heavy atom. The third-order valence-corrected chi connectivity index (χ3v) is 2.57. The Labute approximate surface area is 91.8 Å². The minimum absolute atomic E-state index is 0.215. The van der Waals surface area contributed by atoms with Crippen molar-refractivity contribution < 1.29 is 4.39 Å². The van der Waals surface area contributed by atoms with Crippen molar-refractivity contribution in [3.05, 3.63) is 54.6 Å². The Morgan fingerprint density at radius 3 is 2.62 bits per heavy atom. The van der Waals surface area contributed by atoms with Gasteiger partial charge in [0.25, 0.3) is 0 Å². The molecule has 0 radical (unpaired) electrons. The molecule has 3 rings (SSSR count). The Balaban J connectivity index is 2.19. The van der Waals surface area contributed by atoms with Crippen LogP contribution < -0.4 is 0 Å². The van der Waals surface area contributed by atoms with Crippen LogP contribution in [0.2, 0.25) is 0 Å². The van der Waals surface area contributed by atoms with Gasteiger partial charge in [0.05, 0.1) is 0 Å². The van der Waals surface area contributed by atoms with Gasteiger partial charge in [0.2, 0.25) is 0 Å². The van der Waals surface area contributed by atoms with Crippen molar-refractivity contribution in [1.82, 2.24) is 9.97 Å². The number of nitrogens with zero attached hydrogens (tertiary/aromatic N) is 1. The van der Waals surface area contributed by atoms with Crippen molar-refractivity contribution in [3.63, 3.8) is 0 Å². The van der Waals surface area contributed by atoms with Crippen molar-refractivity contribution in [1.29, 1.82) is 0 Å². The fraction of sp³-hybridized carbons (Fsp3) is 0. The van der Waals surface area contributed by atoms with Gasteiger partial charge in [-0.05, 0) is 36.4 Å². The number of hydrogen-bond acceptors (Lipinski definition) is 1. The van der Waals surface area contributed by atoms with Crippen molar-refractivity contribution in [2.24, 2.45) is 0 Å². The molecule has 0 bridgehead atoms. The maximum Gasteiger partial charge on any atom is 0.123 e. The molecule has 0 spiro atoms. The van der Waals surface area contributed by atoms with Crippen LogP contribution in [0.4, 0.5) is 4.39 Å². The molecule has 0 atom stereocenters. The molecule has 3 aromatic rings. The summed E-state index contributed by atoms with van der Waals surface area (Å²) in [7, 11) is 0. The number of aromatic amines is 1. The normalized spacial score (nSPS) is 10.8. The monoisotopic (exact) mass is 212 g/mol. The molecule has 0 aliphatic carbocycles. The summed E-state index contributed by atoms with van der Waals surface area (Å²) in [6.07, 6.45) is 3.48. The number of rotatable bonds is 1. The molecule has 2 heterocycles. The van der Waals surface area contributed by atoms with E-state index in [0.29, 0.717) is 0 Å². The number of benzene rings is 1. The summed E-state index contributed by atoms with van der Waals surface area (Å²) in [5.74, 6) is -0.215. The lowest BCUT2D eigenvalue weighted by Crippen LogP contribution is -1.76. The molecule has 0 aliphatic rings. The molecular formula is C13H9FN2.